The van der Waals surface area contributed by atoms with Gasteiger partial charge in [-0.3, -0.25) is 9.69 Å². The number of likely N-dealkylation sites (tertiary alicyclic amines) is 1. The van der Waals surface area contributed by atoms with Crippen LogP contribution in [-0.2, 0) is 4.79 Å². The molecule has 1 saturated heterocycles. The summed E-state index contributed by atoms with van der Waals surface area (Å²) in [7, 11) is 0. The number of aromatic nitrogens is 3. The Kier molecular flexibility index (Phi) is 5.29. The van der Waals surface area contributed by atoms with Crippen LogP contribution >= 0.6 is 11.3 Å². The third kappa shape index (κ3) is 4.11. The Morgan fingerprint density at radius 1 is 1.16 bits per heavy atom. The molecular formula is C24H25N5OS. The number of amides is 1. The number of nitrogens with zero attached hydrogens (tertiary/aromatic N) is 4. The molecule has 7 heteroatoms. The van der Waals surface area contributed by atoms with E-state index in [1.165, 1.54) is 10.3 Å². The van der Waals surface area contributed by atoms with Crippen LogP contribution in [0, 0.1) is 13.8 Å². The lowest BCUT2D eigenvalue weighted by Crippen LogP contribution is -2.33. The van der Waals surface area contributed by atoms with Gasteiger partial charge in [0.1, 0.15) is 10.8 Å². The van der Waals surface area contributed by atoms with E-state index in [2.05, 4.69) is 34.4 Å². The minimum Gasteiger partial charge on any atom is -0.309 e. The number of thiazole rings is 1. The van der Waals surface area contributed by atoms with Crippen LogP contribution < -0.4 is 5.32 Å². The van der Waals surface area contributed by atoms with Crippen LogP contribution in [-0.4, -0.2) is 38.7 Å². The van der Waals surface area contributed by atoms with Crippen molar-refractivity contribution in [3.05, 3.63) is 70.9 Å². The van der Waals surface area contributed by atoms with Gasteiger partial charge in [0.05, 0.1) is 34.2 Å². The highest BCUT2D eigenvalue weighted by Gasteiger charge is 2.30. The van der Waals surface area contributed by atoms with E-state index < -0.39 is 0 Å². The number of hydrogen-bond donors (Lipinski definition) is 1. The Morgan fingerprint density at radius 2 is 1.97 bits per heavy atom. The number of nitrogens with one attached hydrogen (secondary N) is 1. The highest BCUT2D eigenvalue weighted by atomic mass is 32.1. The summed E-state index contributed by atoms with van der Waals surface area (Å²) in [6.45, 7) is 5.24. The number of carbonyl (C=O) groups is 1. The van der Waals surface area contributed by atoms with Crippen molar-refractivity contribution >= 4 is 33.3 Å². The van der Waals surface area contributed by atoms with Gasteiger partial charge in [-0.1, -0.05) is 29.8 Å². The highest BCUT2D eigenvalue weighted by Crippen LogP contribution is 2.36. The number of benzene rings is 2. The quantitative estimate of drug-likeness (QED) is 0.489. The van der Waals surface area contributed by atoms with Crippen molar-refractivity contribution in [1.29, 1.82) is 0 Å². The molecule has 1 aliphatic heterocycles. The molecule has 0 radical (unpaired) electrons. The van der Waals surface area contributed by atoms with E-state index in [0.29, 0.717) is 12.4 Å². The van der Waals surface area contributed by atoms with Crippen molar-refractivity contribution in [2.45, 2.75) is 32.7 Å². The number of fused-ring (bicyclic) bond motifs is 1. The van der Waals surface area contributed by atoms with Gasteiger partial charge in [0, 0.05) is 6.07 Å². The van der Waals surface area contributed by atoms with E-state index >= 15 is 0 Å². The van der Waals surface area contributed by atoms with E-state index in [1.807, 2.05) is 49.4 Å². The van der Waals surface area contributed by atoms with Crippen molar-refractivity contribution in [3.8, 4) is 5.69 Å². The maximum Gasteiger partial charge on any atom is 0.239 e. The van der Waals surface area contributed by atoms with Gasteiger partial charge < -0.3 is 5.32 Å². The molecule has 1 atom stereocenters. The van der Waals surface area contributed by atoms with E-state index in [9.17, 15) is 4.79 Å². The largest absolute Gasteiger partial charge is 0.309 e. The number of carbonyl (C=O) groups excluding carboxylic acids is 1. The van der Waals surface area contributed by atoms with Crippen LogP contribution in [0.5, 0.6) is 0 Å². The fourth-order valence-corrected chi connectivity index (χ4v) is 5.30. The molecule has 0 aliphatic carbocycles. The molecular weight excluding hydrogens is 406 g/mol. The third-order valence-electron chi connectivity index (χ3n) is 5.68. The average Bonchev–Trinajstić information content (AvgIpc) is 3.46. The van der Waals surface area contributed by atoms with Gasteiger partial charge in [-0.05, 0) is 57.5 Å². The normalized spacial score (nSPS) is 16.8. The van der Waals surface area contributed by atoms with Crippen LogP contribution in [0.3, 0.4) is 0 Å². The van der Waals surface area contributed by atoms with E-state index in [-0.39, 0.29) is 11.9 Å². The molecule has 0 spiro atoms. The second kappa shape index (κ2) is 8.24. The second-order valence-corrected chi connectivity index (χ2v) is 9.18. The first kappa shape index (κ1) is 19.9. The Balaban J connectivity index is 1.32. The lowest BCUT2D eigenvalue weighted by Gasteiger charge is -2.22. The molecule has 1 fully saturated rings. The summed E-state index contributed by atoms with van der Waals surface area (Å²) in [6, 6.07) is 18.5. The molecule has 2 aromatic carbocycles. The molecule has 4 aromatic rings. The fourth-order valence-electron chi connectivity index (χ4n) is 4.17. The summed E-state index contributed by atoms with van der Waals surface area (Å²) < 4.78 is 2.99. The van der Waals surface area contributed by atoms with E-state index in [1.54, 1.807) is 16.0 Å². The smallest absolute Gasteiger partial charge is 0.239 e. The second-order valence-electron chi connectivity index (χ2n) is 8.11. The Bertz CT molecular complexity index is 1190. The maximum atomic E-state index is 13.0. The monoisotopic (exact) mass is 431 g/mol. The first-order valence-electron chi connectivity index (χ1n) is 10.6. The molecule has 31 heavy (non-hydrogen) atoms. The fraction of sp³-hybridized carbons (Fsp3) is 0.292. The van der Waals surface area contributed by atoms with Crippen LogP contribution in [0.2, 0.25) is 0 Å². The third-order valence-corrected chi connectivity index (χ3v) is 6.82. The number of hydrogen-bond acceptors (Lipinski definition) is 5. The van der Waals surface area contributed by atoms with Gasteiger partial charge in [0.25, 0.3) is 0 Å². The molecule has 1 unspecified atom stereocenters. The van der Waals surface area contributed by atoms with Crippen molar-refractivity contribution in [2.75, 3.05) is 18.4 Å². The number of para-hydroxylation sites is 1. The molecule has 0 bridgehead atoms. The summed E-state index contributed by atoms with van der Waals surface area (Å²) in [6.07, 6.45) is 2.11. The SMILES string of the molecule is Cc1ccc(-n2nc(C)cc2NC(=O)CN2CCCC2c2nc3ccccc3s2)cc1. The van der Waals surface area contributed by atoms with Gasteiger partial charge in [0.15, 0.2) is 0 Å². The minimum absolute atomic E-state index is 0.0266. The first-order chi connectivity index (χ1) is 15.1. The Morgan fingerprint density at radius 3 is 2.77 bits per heavy atom. The molecule has 3 heterocycles. The van der Waals surface area contributed by atoms with Gasteiger partial charge >= 0.3 is 0 Å². The zero-order valence-electron chi connectivity index (χ0n) is 17.7. The standard InChI is InChI=1S/C24H25N5OS/c1-16-9-11-18(12-10-16)29-22(14-17(2)27-29)26-23(30)15-28-13-5-7-20(28)24-25-19-6-3-4-8-21(19)31-24/h3-4,6,8-12,14,20H,5,7,13,15H2,1-2H3,(H,26,30). The van der Waals surface area contributed by atoms with Crippen LogP contribution in [0.25, 0.3) is 15.9 Å². The van der Waals surface area contributed by atoms with Gasteiger partial charge in [-0.25, -0.2) is 9.67 Å². The summed E-state index contributed by atoms with van der Waals surface area (Å²) >= 11 is 1.73. The maximum absolute atomic E-state index is 13.0. The lowest BCUT2D eigenvalue weighted by molar-refractivity contribution is -0.117. The Labute approximate surface area is 185 Å². The highest BCUT2D eigenvalue weighted by molar-refractivity contribution is 7.18. The molecule has 2 aromatic heterocycles. The summed E-state index contributed by atoms with van der Waals surface area (Å²) in [5, 5.41) is 8.74. The van der Waals surface area contributed by atoms with Crippen molar-refractivity contribution < 1.29 is 4.79 Å². The predicted molar refractivity (Wildman–Crippen MR) is 125 cm³/mol. The van der Waals surface area contributed by atoms with Crippen LogP contribution in [0.15, 0.2) is 54.6 Å². The molecule has 1 N–H and O–H groups in total. The Hall–Kier alpha value is -3.03. The first-order valence-corrected chi connectivity index (χ1v) is 11.4. The van der Waals surface area contributed by atoms with Crippen molar-refractivity contribution in [2.24, 2.45) is 0 Å². The van der Waals surface area contributed by atoms with Gasteiger partial charge in [0.2, 0.25) is 5.91 Å². The molecule has 5 rings (SSSR count). The minimum atomic E-state index is -0.0266. The van der Waals surface area contributed by atoms with Gasteiger partial charge in [-0.15, -0.1) is 11.3 Å². The number of rotatable bonds is 5. The van der Waals surface area contributed by atoms with Crippen molar-refractivity contribution in [1.82, 2.24) is 19.7 Å². The lowest BCUT2D eigenvalue weighted by atomic mass is 10.2. The van der Waals surface area contributed by atoms with Crippen molar-refractivity contribution in [3.63, 3.8) is 0 Å². The zero-order chi connectivity index (χ0) is 21.4. The predicted octanol–water partition coefficient (Wildman–Crippen LogP) is 4.87. The summed E-state index contributed by atoms with van der Waals surface area (Å²) in [5.74, 6) is 0.670. The van der Waals surface area contributed by atoms with E-state index in [4.69, 9.17) is 4.98 Å². The molecule has 6 nitrogen and oxygen atoms in total. The number of aryl methyl sites for hydroxylation is 2. The average molecular weight is 432 g/mol. The van der Waals surface area contributed by atoms with Gasteiger partial charge in [-0.2, -0.15) is 5.10 Å². The van der Waals surface area contributed by atoms with Crippen LogP contribution in [0.1, 0.15) is 35.1 Å². The summed E-state index contributed by atoms with van der Waals surface area (Å²) in [5.41, 5.74) is 4.02. The zero-order valence-corrected chi connectivity index (χ0v) is 18.5. The summed E-state index contributed by atoms with van der Waals surface area (Å²) in [4.78, 5) is 20.0. The molecule has 1 aliphatic rings. The molecule has 158 valence electrons. The topological polar surface area (TPSA) is 63.1 Å². The molecule has 1 amide bonds. The van der Waals surface area contributed by atoms with Crippen LogP contribution in [0.4, 0.5) is 5.82 Å². The number of anilines is 1. The molecule has 0 saturated carbocycles. The van der Waals surface area contributed by atoms with E-state index in [0.717, 1.165) is 41.3 Å².